The van der Waals surface area contributed by atoms with Crippen molar-refractivity contribution in [1.82, 2.24) is 15.1 Å². The number of hydrogen-bond acceptors (Lipinski definition) is 5. The average molecular weight is 551 g/mol. The van der Waals surface area contributed by atoms with Gasteiger partial charge in [0.2, 0.25) is 0 Å². The maximum Gasteiger partial charge on any atom is 0.193 e. The number of aromatic hydroxyl groups is 1. The van der Waals surface area contributed by atoms with E-state index in [0.29, 0.717) is 18.7 Å². The minimum atomic E-state index is 0. The Hall–Kier alpha value is -1.23. The number of nitrogens with zero attached hydrogens (tertiary/aromatic N) is 3. The van der Waals surface area contributed by atoms with Crippen LogP contribution in [0.1, 0.15) is 10.4 Å². The molecule has 2 N–H and O–H groups in total. The Balaban J connectivity index is 0.00000300. The summed E-state index contributed by atoms with van der Waals surface area (Å²) in [4.78, 5) is 10.5. The van der Waals surface area contributed by atoms with Crippen LogP contribution in [0, 0.1) is 0 Å². The fourth-order valence-corrected chi connectivity index (χ4v) is 4.43. The van der Waals surface area contributed by atoms with Crippen molar-refractivity contribution in [3.8, 4) is 11.5 Å². The Bertz CT molecular complexity index is 810. The van der Waals surface area contributed by atoms with Gasteiger partial charge in [0, 0.05) is 57.3 Å². The fourth-order valence-electron chi connectivity index (χ4n) is 3.30. The molecular weight excluding hydrogens is 523 g/mol. The number of piperazine rings is 1. The molecule has 6 nitrogen and oxygen atoms in total. The summed E-state index contributed by atoms with van der Waals surface area (Å²) >= 11 is 7.68. The standard InChI is InChI=1S/C20H27ClN4O2S.HI/c1-22-20(23-8-7-15-3-4-16(27-2)13-18(15)26)25-11-9-24(10-12-25)14-17-5-6-19(21)28-17;/h3-6,13,26H,7-12,14H2,1-2H3,(H,22,23);1H. The second-order valence-corrected chi connectivity index (χ2v) is 8.49. The molecule has 29 heavy (non-hydrogen) atoms. The number of methoxy groups -OCH3 is 1. The van der Waals surface area contributed by atoms with Crippen molar-refractivity contribution in [3.63, 3.8) is 0 Å². The van der Waals surface area contributed by atoms with Crippen molar-refractivity contribution in [2.45, 2.75) is 13.0 Å². The van der Waals surface area contributed by atoms with E-state index in [-0.39, 0.29) is 29.7 Å². The molecule has 2 aromatic rings. The Morgan fingerprint density at radius 3 is 2.59 bits per heavy atom. The molecule has 0 bridgehead atoms. The number of rotatable bonds is 6. The molecule has 3 rings (SSSR count). The lowest BCUT2D eigenvalue weighted by Gasteiger charge is -2.36. The van der Waals surface area contributed by atoms with Gasteiger partial charge in [-0.2, -0.15) is 0 Å². The van der Waals surface area contributed by atoms with Crippen LogP contribution in [0.25, 0.3) is 0 Å². The molecule has 160 valence electrons. The number of ether oxygens (including phenoxy) is 1. The lowest BCUT2D eigenvalue weighted by molar-refractivity contribution is 0.174. The predicted molar refractivity (Wildman–Crippen MR) is 131 cm³/mol. The molecule has 2 heterocycles. The predicted octanol–water partition coefficient (Wildman–Crippen LogP) is 3.67. The highest BCUT2D eigenvalue weighted by atomic mass is 127. The molecule has 0 spiro atoms. The van der Waals surface area contributed by atoms with Gasteiger partial charge in [-0.25, -0.2) is 0 Å². The lowest BCUT2D eigenvalue weighted by Crippen LogP contribution is -2.52. The first-order chi connectivity index (χ1) is 13.6. The molecule has 1 aromatic carbocycles. The first kappa shape index (κ1) is 24.0. The summed E-state index contributed by atoms with van der Waals surface area (Å²) < 4.78 is 5.97. The molecule has 1 aliphatic heterocycles. The second kappa shape index (κ2) is 11.8. The number of phenols is 1. The molecular formula is C20H28ClIN4O2S. The van der Waals surface area contributed by atoms with Crippen LogP contribution in [0.15, 0.2) is 35.3 Å². The van der Waals surface area contributed by atoms with Crippen molar-refractivity contribution < 1.29 is 9.84 Å². The Labute approximate surface area is 198 Å². The number of guanidine groups is 1. The molecule has 1 aromatic heterocycles. The molecule has 0 radical (unpaired) electrons. The summed E-state index contributed by atoms with van der Waals surface area (Å²) in [6.45, 7) is 5.53. The summed E-state index contributed by atoms with van der Waals surface area (Å²) in [5, 5.41) is 13.5. The number of thiophene rings is 1. The van der Waals surface area contributed by atoms with Crippen molar-refractivity contribution in [2.75, 3.05) is 46.9 Å². The number of nitrogens with one attached hydrogen (secondary N) is 1. The van der Waals surface area contributed by atoms with Crippen molar-refractivity contribution in [3.05, 3.63) is 45.1 Å². The van der Waals surface area contributed by atoms with E-state index in [0.717, 1.165) is 48.6 Å². The van der Waals surface area contributed by atoms with Gasteiger partial charge < -0.3 is 20.1 Å². The summed E-state index contributed by atoms with van der Waals surface area (Å²) in [7, 11) is 3.41. The van der Waals surface area contributed by atoms with Gasteiger partial charge in [-0.05, 0) is 30.2 Å². The Kier molecular flexibility index (Phi) is 9.81. The first-order valence-corrected chi connectivity index (χ1v) is 10.6. The van der Waals surface area contributed by atoms with Gasteiger partial charge in [0.1, 0.15) is 11.5 Å². The third kappa shape index (κ3) is 6.91. The van der Waals surface area contributed by atoms with Gasteiger partial charge in [0.15, 0.2) is 5.96 Å². The third-order valence-corrected chi connectivity index (χ3v) is 6.08. The van der Waals surface area contributed by atoms with Crippen molar-refractivity contribution >= 4 is 52.9 Å². The number of benzene rings is 1. The summed E-state index contributed by atoms with van der Waals surface area (Å²) in [6, 6.07) is 9.47. The highest BCUT2D eigenvalue weighted by Gasteiger charge is 2.20. The van der Waals surface area contributed by atoms with E-state index in [1.54, 1.807) is 24.5 Å². The highest BCUT2D eigenvalue weighted by molar-refractivity contribution is 14.0. The molecule has 1 fully saturated rings. The third-order valence-electron chi connectivity index (χ3n) is 4.86. The van der Waals surface area contributed by atoms with E-state index in [4.69, 9.17) is 16.3 Å². The molecule has 0 saturated carbocycles. The zero-order valence-electron chi connectivity index (χ0n) is 16.7. The minimum absolute atomic E-state index is 0. The van der Waals surface area contributed by atoms with Crippen LogP contribution in [0.3, 0.4) is 0 Å². The van der Waals surface area contributed by atoms with Crippen molar-refractivity contribution in [2.24, 2.45) is 4.99 Å². The smallest absolute Gasteiger partial charge is 0.193 e. The van der Waals surface area contributed by atoms with Gasteiger partial charge in [-0.15, -0.1) is 35.3 Å². The largest absolute Gasteiger partial charge is 0.508 e. The van der Waals surface area contributed by atoms with E-state index in [1.807, 2.05) is 25.2 Å². The average Bonchev–Trinajstić information content (AvgIpc) is 3.11. The van der Waals surface area contributed by atoms with Crippen LogP contribution in [0.5, 0.6) is 11.5 Å². The molecule has 0 aliphatic carbocycles. The quantitative estimate of drug-likeness (QED) is 0.327. The number of phenolic OH excluding ortho intramolecular Hbond substituents is 1. The van der Waals surface area contributed by atoms with E-state index in [9.17, 15) is 5.11 Å². The van der Waals surface area contributed by atoms with Gasteiger partial charge in [-0.1, -0.05) is 17.7 Å². The minimum Gasteiger partial charge on any atom is -0.508 e. The first-order valence-electron chi connectivity index (χ1n) is 9.37. The zero-order valence-corrected chi connectivity index (χ0v) is 20.6. The Morgan fingerprint density at radius 2 is 2.00 bits per heavy atom. The zero-order chi connectivity index (χ0) is 19.9. The van der Waals surface area contributed by atoms with Crippen LogP contribution in [0.4, 0.5) is 0 Å². The molecule has 1 aliphatic rings. The van der Waals surface area contributed by atoms with E-state index in [1.165, 1.54) is 4.88 Å². The number of hydrogen-bond donors (Lipinski definition) is 2. The van der Waals surface area contributed by atoms with E-state index in [2.05, 4.69) is 26.2 Å². The van der Waals surface area contributed by atoms with Crippen LogP contribution in [-0.2, 0) is 13.0 Å². The van der Waals surface area contributed by atoms with Gasteiger partial charge in [0.05, 0.1) is 11.4 Å². The summed E-state index contributed by atoms with van der Waals surface area (Å²) in [5.74, 6) is 1.83. The highest BCUT2D eigenvalue weighted by Crippen LogP contribution is 2.24. The SMILES string of the molecule is CN=C(NCCc1ccc(OC)cc1O)N1CCN(Cc2ccc(Cl)s2)CC1.I. The van der Waals surface area contributed by atoms with Crippen LogP contribution < -0.4 is 10.1 Å². The Morgan fingerprint density at radius 1 is 1.24 bits per heavy atom. The van der Waals surface area contributed by atoms with Crippen LogP contribution in [0.2, 0.25) is 4.34 Å². The van der Waals surface area contributed by atoms with E-state index >= 15 is 0 Å². The lowest BCUT2D eigenvalue weighted by atomic mass is 10.1. The number of halogens is 2. The number of aliphatic imine (C=N–C) groups is 1. The monoisotopic (exact) mass is 550 g/mol. The van der Waals surface area contributed by atoms with Gasteiger partial charge >= 0.3 is 0 Å². The van der Waals surface area contributed by atoms with Crippen LogP contribution in [-0.4, -0.2) is 67.7 Å². The molecule has 0 atom stereocenters. The summed E-state index contributed by atoms with van der Waals surface area (Å²) in [5.41, 5.74) is 0.892. The molecule has 0 amide bonds. The molecule has 9 heteroatoms. The van der Waals surface area contributed by atoms with Crippen LogP contribution >= 0.6 is 46.9 Å². The van der Waals surface area contributed by atoms with Gasteiger partial charge in [-0.3, -0.25) is 9.89 Å². The van der Waals surface area contributed by atoms with E-state index < -0.39 is 0 Å². The van der Waals surface area contributed by atoms with Gasteiger partial charge in [0.25, 0.3) is 0 Å². The van der Waals surface area contributed by atoms with Crippen molar-refractivity contribution in [1.29, 1.82) is 0 Å². The molecule has 0 unspecified atom stereocenters. The second-order valence-electron chi connectivity index (χ2n) is 6.69. The topological polar surface area (TPSA) is 60.3 Å². The summed E-state index contributed by atoms with van der Waals surface area (Å²) in [6.07, 6.45) is 0.716. The maximum absolute atomic E-state index is 10.1. The fraction of sp³-hybridized carbons (Fsp3) is 0.450. The maximum atomic E-state index is 10.1. The molecule has 1 saturated heterocycles. The normalized spacial score (nSPS) is 15.1.